The Kier molecular flexibility index (Phi) is 4.87. The molecule has 1 N–H and O–H groups in total. The van der Waals surface area contributed by atoms with Crippen LogP contribution < -0.4 is 0 Å². The van der Waals surface area contributed by atoms with Gasteiger partial charge in [-0.15, -0.1) is 0 Å². The van der Waals surface area contributed by atoms with E-state index in [2.05, 4.69) is 48.5 Å². The Morgan fingerprint density at radius 3 is 1.77 bits per heavy atom. The molecule has 0 heterocycles. The molecule has 3 nitrogen and oxygen atoms in total. The molecule has 0 bridgehead atoms. The van der Waals surface area contributed by atoms with Crippen LogP contribution in [0.15, 0.2) is 17.7 Å². The molecule has 0 aliphatic heterocycles. The third-order valence-electron chi connectivity index (χ3n) is 3.71. The number of carboxylic acid groups (broad SMARTS) is 1. The number of rotatable bonds is 2. The van der Waals surface area contributed by atoms with E-state index in [4.69, 9.17) is 10.4 Å². The molecule has 0 amide bonds. The Bertz CT molecular complexity index is 627. The van der Waals surface area contributed by atoms with E-state index in [0.29, 0.717) is 0 Å². The summed E-state index contributed by atoms with van der Waals surface area (Å²) in [5.74, 6) is -1.20. The van der Waals surface area contributed by atoms with Crippen LogP contribution in [0.1, 0.15) is 63.8 Å². The van der Waals surface area contributed by atoms with Gasteiger partial charge in [0, 0.05) is 0 Å². The summed E-state index contributed by atoms with van der Waals surface area (Å²) >= 11 is 0. The van der Waals surface area contributed by atoms with E-state index >= 15 is 0 Å². The number of hydrogen-bond donors (Lipinski definition) is 1. The van der Waals surface area contributed by atoms with E-state index in [0.717, 1.165) is 5.56 Å². The van der Waals surface area contributed by atoms with Crippen LogP contribution in [0, 0.1) is 18.3 Å². The molecule has 0 saturated heterocycles. The second-order valence-corrected chi connectivity index (χ2v) is 7.72. The highest BCUT2D eigenvalue weighted by Gasteiger charge is 2.24. The van der Waals surface area contributed by atoms with E-state index < -0.39 is 5.97 Å². The highest BCUT2D eigenvalue weighted by atomic mass is 16.4. The summed E-state index contributed by atoms with van der Waals surface area (Å²) in [5, 5.41) is 18.0. The van der Waals surface area contributed by atoms with Crippen LogP contribution in [0.5, 0.6) is 0 Å². The SMILES string of the molecule is Cc1c(C(C)(C)C)cc(/C=C(\C#N)C(=O)O)cc1C(C)(C)C. The summed E-state index contributed by atoms with van der Waals surface area (Å²) in [4.78, 5) is 11.1. The zero-order valence-corrected chi connectivity index (χ0v) is 14.5. The van der Waals surface area contributed by atoms with Crippen molar-refractivity contribution in [3.63, 3.8) is 0 Å². The third kappa shape index (κ3) is 3.98. The highest BCUT2D eigenvalue weighted by molar-refractivity contribution is 5.96. The number of aliphatic carboxylic acids is 1. The molecule has 0 spiro atoms. The zero-order chi connectivity index (χ0) is 17.3. The van der Waals surface area contributed by atoms with Gasteiger partial charge < -0.3 is 5.11 Å². The Labute approximate surface area is 133 Å². The predicted molar refractivity (Wildman–Crippen MR) is 89.8 cm³/mol. The summed E-state index contributed by atoms with van der Waals surface area (Å²) in [5.41, 5.74) is 3.99. The van der Waals surface area contributed by atoms with Crippen molar-refractivity contribution in [3.8, 4) is 6.07 Å². The normalized spacial score (nSPS) is 12.9. The molecule has 0 aliphatic carbocycles. The highest BCUT2D eigenvalue weighted by Crippen LogP contribution is 2.35. The average molecular weight is 299 g/mol. The lowest BCUT2D eigenvalue weighted by atomic mass is 9.75. The van der Waals surface area contributed by atoms with Gasteiger partial charge in [0.2, 0.25) is 0 Å². The lowest BCUT2D eigenvalue weighted by molar-refractivity contribution is -0.132. The van der Waals surface area contributed by atoms with Crippen molar-refractivity contribution in [1.82, 2.24) is 0 Å². The monoisotopic (exact) mass is 299 g/mol. The first-order valence-electron chi connectivity index (χ1n) is 7.38. The topological polar surface area (TPSA) is 61.1 Å². The fourth-order valence-electron chi connectivity index (χ4n) is 2.69. The molecule has 0 aliphatic rings. The molecule has 0 aromatic heterocycles. The maximum atomic E-state index is 11.1. The van der Waals surface area contributed by atoms with E-state index in [1.54, 1.807) is 6.07 Å². The van der Waals surface area contributed by atoms with Crippen LogP contribution in [-0.4, -0.2) is 11.1 Å². The number of nitrogens with zero attached hydrogens (tertiary/aromatic N) is 1. The van der Waals surface area contributed by atoms with Gasteiger partial charge in [0.05, 0.1) is 0 Å². The van der Waals surface area contributed by atoms with E-state index in [-0.39, 0.29) is 16.4 Å². The van der Waals surface area contributed by atoms with E-state index in [1.807, 2.05) is 12.1 Å². The molecule has 118 valence electrons. The van der Waals surface area contributed by atoms with Crippen molar-refractivity contribution in [2.45, 2.75) is 59.3 Å². The van der Waals surface area contributed by atoms with Crippen LogP contribution >= 0.6 is 0 Å². The predicted octanol–water partition coefficient (Wildman–Crippen LogP) is 4.58. The van der Waals surface area contributed by atoms with Crippen LogP contribution in [0.3, 0.4) is 0 Å². The van der Waals surface area contributed by atoms with Crippen molar-refractivity contribution in [2.75, 3.05) is 0 Å². The van der Waals surface area contributed by atoms with Gasteiger partial charge in [-0.25, -0.2) is 4.79 Å². The van der Waals surface area contributed by atoms with Crippen molar-refractivity contribution in [2.24, 2.45) is 0 Å². The minimum Gasteiger partial charge on any atom is -0.477 e. The number of nitriles is 1. The molecule has 1 aromatic rings. The summed E-state index contributed by atoms with van der Waals surface area (Å²) in [6, 6.07) is 5.72. The molecule has 0 atom stereocenters. The number of hydrogen-bond acceptors (Lipinski definition) is 2. The van der Waals surface area contributed by atoms with Crippen molar-refractivity contribution >= 4 is 12.0 Å². The Morgan fingerprint density at radius 2 is 1.50 bits per heavy atom. The lowest BCUT2D eigenvalue weighted by Gasteiger charge is -2.29. The standard InChI is InChI=1S/C19H25NO2/c1-12-15(18(2,3)4)9-13(8-14(11-20)17(21)22)10-16(12)19(5,6)7/h8-10H,1-7H3,(H,21,22)/b14-8+. The number of carbonyl (C=O) groups is 1. The van der Waals surface area contributed by atoms with Gasteiger partial charge >= 0.3 is 5.97 Å². The van der Waals surface area contributed by atoms with Crippen LogP contribution in [0.25, 0.3) is 6.08 Å². The lowest BCUT2D eigenvalue weighted by Crippen LogP contribution is -2.20. The van der Waals surface area contributed by atoms with Crippen molar-refractivity contribution in [1.29, 1.82) is 5.26 Å². The average Bonchev–Trinajstić information content (AvgIpc) is 2.34. The van der Waals surface area contributed by atoms with Gasteiger partial charge in [-0.1, -0.05) is 53.7 Å². The molecule has 0 radical (unpaired) electrons. The third-order valence-corrected chi connectivity index (χ3v) is 3.71. The zero-order valence-electron chi connectivity index (χ0n) is 14.5. The number of carboxylic acids is 1. The molecule has 22 heavy (non-hydrogen) atoms. The van der Waals surface area contributed by atoms with Crippen molar-refractivity contribution in [3.05, 3.63) is 40.0 Å². The van der Waals surface area contributed by atoms with Gasteiger partial charge in [-0.05, 0) is 46.1 Å². The van der Waals surface area contributed by atoms with Gasteiger partial charge in [0.1, 0.15) is 11.6 Å². The first kappa shape index (κ1) is 18.0. The van der Waals surface area contributed by atoms with Crippen molar-refractivity contribution < 1.29 is 9.90 Å². The first-order chi connectivity index (χ1) is 9.87. The van der Waals surface area contributed by atoms with E-state index in [1.165, 1.54) is 22.8 Å². The molecule has 3 heteroatoms. The second-order valence-electron chi connectivity index (χ2n) is 7.72. The minimum atomic E-state index is -1.20. The molecule has 0 unspecified atom stereocenters. The molecule has 1 aromatic carbocycles. The second kappa shape index (κ2) is 5.96. The number of benzene rings is 1. The Balaban J connectivity index is 3.70. The summed E-state index contributed by atoms with van der Waals surface area (Å²) in [7, 11) is 0. The largest absolute Gasteiger partial charge is 0.477 e. The molecular formula is C19H25NO2. The minimum absolute atomic E-state index is 0.0516. The summed E-state index contributed by atoms with van der Waals surface area (Å²) < 4.78 is 0. The van der Waals surface area contributed by atoms with E-state index in [9.17, 15) is 4.79 Å². The van der Waals surface area contributed by atoms with Gasteiger partial charge in [-0.3, -0.25) is 0 Å². The van der Waals surface area contributed by atoms with Crippen LogP contribution in [0.4, 0.5) is 0 Å². The van der Waals surface area contributed by atoms with Gasteiger partial charge in [0.25, 0.3) is 0 Å². The fraction of sp³-hybridized carbons (Fsp3) is 0.474. The van der Waals surface area contributed by atoms with Crippen LogP contribution in [-0.2, 0) is 15.6 Å². The Morgan fingerprint density at radius 1 is 1.09 bits per heavy atom. The Hall–Kier alpha value is -2.08. The first-order valence-corrected chi connectivity index (χ1v) is 7.38. The van der Waals surface area contributed by atoms with Crippen LogP contribution in [0.2, 0.25) is 0 Å². The molecule has 0 saturated carbocycles. The molecular weight excluding hydrogens is 274 g/mol. The smallest absolute Gasteiger partial charge is 0.346 e. The molecule has 0 fully saturated rings. The molecule has 1 rings (SSSR count). The maximum Gasteiger partial charge on any atom is 0.346 e. The maximum absolute atomic E-state index is 11.1. The van der Waals surface area contributed by atoms with Gasteiger partial charge in [0.15, 0.2) is 0 Å². The summed E-state index contributed by atoms with van der Waals surface area (Å²) in [6.07, 6.45) is 1.45. The van der Waals surface area contributed by atoms with Gasteiger partial charge in [-0.2, -0.15) is 5.26 Å². The quantitative estimate of drug-likeness (QED) is 0.642. The fourth-order valence-corrected chi connectivity index (χ4v) is 2.69. The summed E-state index contributed by atoms with van der Waals surface area (Å²) in [6.45, 7) is 14.9.